The lowest BCUT2D eigenvalue weighted by Gasteiger charge is -2.20. The highest BCUT2D eigenvalue weighted by molar-refractivity contribution is 5.96. The van der Waals surface area contributed by atoms with E-state index in [9.17, 15) is 4.79 Å². The number of nitrogens with one attached hydrogen (secondary N) is 1. The van der Waals surface area contributed by atoms with E-state index in [1.54, 1.807) is 13.1 Å². The molecule has 0 fully saturated rings. The molecule has 0 radical (unpaired) electrons. The Labute approximate surface area is 96.8 Å². The Morgan fingerprint density at radius 1 is 1.31 bits per heavy atom. The number of ether oxygens (including phenoxy) is 1. The highest BCUT2D eigenvalue weighted by Crippen LogP contribution is 2.20. The zero-order valence-electron chi connectivity index (χ0n) is 10.5. The number of carbonyl (C=O) groups excluding carboxylic acids is 1. The summed E-state index contributed by atoms with van der Waals surface area (Å²) in [5, 5.41) is 3.00. The minimum Gasteiger partial charge on any atom is -0.456 e. The summed E-state index contributed by atoms with van der Waals surface area (Å²) in [4.78, 5) is 11.9. The third-order valence-electron chi connectivity index (χ3n) is 2.06. The van der Waals surface area contributed by atoms with Crippen molar-refractivity contribution in [3.63, 3.8) is 0 Å². The Hall–Kier alpha value is -1.51. The minimum atomic E-state index is -0.465. The van der Waals surface area contributed by atoms with Gasteiger partial charge in [-0.25, -0.2) is 4.79 Å². The number of rotatable bonds is 2. The Kier molecular flexibility index (Phi) is 3.58. The molecule has 0 saturated carbocycles. The van der Waals surface area contributed by atoms with Gasteiger partial charge >= 0.3 is 5.97 Å². The van der Waals surface area contributed by atoms with E-state index in [-0.39, 0.29) is 5.97 Å². The summed E-state index contributed by atoms with van der Waals surface area (Å²) in [6, 6.07) is 5.62. The van der Waals surface area contributed by atoms with Gasteiger partial charge in [0.25, 0.3) is 0 Å². The van der Waals surface area contributed by atoms with Crippen molar-refractivity contribution < 1.29 is 9.53 Å². The molecule has 88 valence electrons. The molecule has 0 atom stereocenters. The molecule has 0 unspecified atom stereocenters. The molecule has 0 aliphatic heterocycles. The molecule has 0 aliphatic rings. The van der Waals surface area contributed by atoms with E-state index >= 15 is 0 Å². The van der Waals surface area contributed by atoms with Gasteiger partial charge in [0, 0.05) is 12.7 Å². The highest BCUT2D eigenvalue weighted by atomic mass is 16.6. The molecule has 3 heteroatoms. The maximum absolute atomic E-state index is 11.9. The van der Waals surface area contributed by atoms with Gasteiger partial charge in [-0.2, -0.15) is 0 Å². The molecule has 0 spiro atoms. The lowest BCUT2D eigenvalue weighted by Crippen LogP contribution is -2.24. The number of hydrogen-bond acceptors (Lipinski definition) is 3. The molecule has 1 aromatic carbocycles. The fraction of sp³-hybridized carbons (Fsp3) is 0.462. The van der Waals surface area contributed by atoms with Gasteiger partial charge < -0.3 is 10.1 Å². The van der Waals surface area contributed by atoms with Gasteiger partial charge in [0.05, 0.1) is 5.56 Å². The van der Waals surface area contributed by atoms with Crippen molar-refractivity contribution in [1.82, 2.24) is 0 Å². The maximum Gasteiger partial charge on any atom is 0.340 e. The third kappa shape index (κ3) is 3.26. The molecule has 1 rings (SSSR count). The molecule has 0 saturated heterocycles. The molecule has 0 amide bonds. The molecule has 0 aromatic heterocycles. The third-order valence-corrected chi connectivity index (χ3v) is 2.06. The van der Waals surface area contributed by atoms with E-state index in [1.165, 1.54) is 0 Å². The first-order valence-electron chi connectivity index (χ1n) is 5.35. The van der Waals surface area contributed by atoms with Crippen LogP contribution in [0, 0.1) is 6.92 Å². The molecule has 0 heterocycles. The zero-order valence-corrected chi connectivity index (χ0v) is 10.5. The van der Waals surface area contributed by atoms with Gasteiger partial charge in [-0.05, 0) is 45.4 Å². The average molecular weight is 221 g/mol. The van der Waals surface area contributed by atoms with Crippen LogP contribution < -0.4 is 5.32 Å². The van der Waals surface area contributed by atoms with Crippen LogP contribution in [0.2, 0.25) is 0 Å². The van der Waals surface area contributed by atoms with Crippen molar-refractivity contribution in [2.24, 2.45) is 0 Å². The molecular formula is C13H19NO2. The molecule has 1 aromatic rings. The van der Waals surface area contributed by atoms with Crippen LogP contribution in [0.4, 0.5) is 5.69 Å². The smallest absolute Gasteiger partial charge is 0.340 e. The van der Waals surface area contributed by atoms with Crippen LogP contribution in [0.3, 0.4) is 0 Å². The first kappa shape index (κ1) is 12.6. The summed E-state index contributed by atoms with van der Waals surface area (Å²) >= 11 is 0. The lowest BCUT2D eigenvalue weighted by molar-refractivity contribution is 0.00707. The molecule has 3 nitrogen and oxygen atoms in total. The van der Waals surface area contributed by atoms with Crippen molar-refractivity contribution in [1.29, 1.82) is 0 Å². The van der Waals surface area contributed by atoms with E-state index in [0.29, 0.717) is 5.56 Å². The number of hydrogen-bond donors (Lipinski definition) is 1. The van der Waals surface area contributed by atoms with E-state index in [1.807, 2.05) is 39.8 Å². The average Bonchev–Trinajstić information content (AvgIpc) is 2.14. The number of benzene rings is 1. The van der Waals surface area contributed by atoms with Gasteiger partial charge in [0.1, 0.15) is 5.60 Å². The Bertz CT molecular complexity index is 391. The molecular weight excluding hydrogens is 202 g/mol. The van der Waals surface area contributed by atoms with Crippen molar-refractivity contribution >= 4 is 11.7 Å². The van der Waals surface area contributed by atoms with Gasteiger partial charge in [-0.3, -0.25) is 0 Å². The predicted molar refractivity (Wildman–Crippen MR) is 65.9 cm³/mol. The summed E-state index contributed by atoms with van der Waals surface area (Å²) in [5.41, 5.74) is 2.02. The van der Waals surface area contributed by atoms with Crippen LogP contribution >= 0.6 is 0 Å². The number of aryl methyl sites for hydroxylation is 1. The van der Waals surface area contributed by atoms with Gasteiger partial charge in [-0.15, -0.1) is 0 Å². The van der Waals surface area contributed by atoms with E-state index in [0.717, 1.165) is 11.3 Å². The predicted octanol–water partition coefficient (Wildman–Crippen LogP) is 2.99. The van der Waals surface area contributed by atoms with Gasteiger partial charge in [0.2, 0.25) is 0 Å². The molecule has 1 N–H and O–H groups in total. The maximum atomic E-state index is 11.9. The first-order chi connectivity index (χ1) is 7.33. The van der Waals surface area contributed by atoms with Gasteiger partial charge in [-0.1, -0.05) is 6.07 Å². The van der Waals surface area contributed by atoms with Crippen molar-refractivity contribution in [3.05, 3.63) is 29.3 Å². The summed E-state index contributed by atoms with van der Waals surface area (Å²) in [7, 11) is 1.79. The van der Waals surface area contributed by atoms with Crippen LogP contribution in [-0.2, 0) is 4.74 Å². The molecule has 0 bridgehead atoms. The van der Waals surface area contributed by atoms with Gasteiger partial charge in [0.15, 0.2) is 0 Å². The van der Waals surface area contributed by atoms with Crippen LogP contribution in [0.15, 0.2) is 18.2 Å². The number of anilines is 1. The fourth-order valence-electron chi connectivity index (χ4n) is 1.38. The second-order valence-electron chi connectivity index (χ2n) is 4.80. The van der Waals surface area contributed by atoms with E-state index in [4.69, 9.17) is 4.74 Å². The summed E-state index contributed by atoms with van der Waals surface area (Å²) < 4.78 is 5.33. The lowest BCUT2D eigenvalue weighted by atomic mass is 10.1. The van der Waals surface area contributed by atoms with E-state index < -0.39 is 5.60 Å². The summed E-state index contributed by atoms with van der Waals surface area (Å²) in [6.07, 6.45) is 0. The normalized spacial score (nSPS) is 11.1. The Morgan fingerprint density at radius 3 is 2.44 bits per heavy atom. The molecule has 0 aliphatic carbocycles. The van der Waals surface area contributed by atoms with Crippen molar-refractivity contribution in [3.8, 4) is 0 Å². The quantitative estimate of drug-likeness (QED) is 0.780. The van der Waals surface area contributed by atoms with Crippen LogP contribution in [0.1, 0.15) is 36.7 Å². The largest absolute Gasteiger partial charge is 0.456 e. The number of esters is 1. The standard InChI is InChI=1S/C13H19NO2/c1-9-6-7-10(11(8-9)14-5)12(15)16-13(2,3)4/h6-8,14H,1-5H3. The monoisotopic (exact) mass is 221 g/mol. The Morgan fingerprint density at radius 2 is 1.94 bits per heavy atom. The molecule has 16 heavy (non-hydrogen) atoms. The second-order valence-corrected chi connectivity index (χ2v) is 4.80. The highest BCUT2D eigenvalue weighted by Gasteiger charge is 2.19. The van der Waals surface area contributed by atoms with Crippen LogP contribution in [0.5, 0.6) is 0 Å². The van der Waals surface area contributed by atoms with Crippen LogP contribution in [-0.4, -0.2) is 18.6 Å². The zero-order chi connectivity index (χ0) is 12.3. The van der Waals surface area contributed by atoms with Crippen LogP contribution in [0.25, 0.3) is 0 Å². The van der Waals surface area contributed by atoms with E-state index in [2.05, 4.69) is 5.32 Å². The number of carbonyl (C=O) groups is 1. The second kappa shape index (κ2) is 4.56. The Balaban J connectivity index is 2.99. The minimum absolute atomic E-state index is 0.295. The topological polar surface area (TPSA) is 38.3 Å². The fourth-order valence-corrected chi connectivity index (χ4v) is 1.38. The van der Waals surface area contributed by atoms with Crippen molar-refractivity contribution in [2.45, 2.75) is 33.3 Å². The first-order valence-corrected chi connectivity index (χ1v) is 5.35. The summed E-state index contributed by atoms with van der Waals surface area (Å²) in [5.74, 6) is -0.295. The van der Waals surface area contributed by atoms with Crippen molar-refractivity contribution in [2.75, 3.05) is 12.4 Å². The SMILES string of the molecule is CNc1cc(C)ccc1C(=O)OC(C)(C)C. The summed E-state index contributed by atoms with van der Waals surface area (Å²) in [6.45, 7) is 7.56.